The Morgan fingerprint density at radius 2 is 2.20 bits per heavy atom. The van der Waals surface area contributed by atoms with Gasteiger partial charge in [-0.25, -0.2) is 4.79 Å². The van der Waals surface area contributed by atoms with E-state index in [1.54, 1.807) is 0 Å². The first-order valence-electron chi connectivity index (χ1n) is 4.72. The van der Waals surface area contributed by atoms with E-state index < -0.39 is 5.97 Å². The number of hydrogen-bond acceptors (Lipinski definition) is 3. The number of carboxylic acids is 1. The van der Waals surface area contributed by atoms with Crippen LogP contribution in [0, 0.1) is 0 Å². The quantitative estimate of drug-likeness (QED) is 0.771. The molecule has 0 saturated heterocycles. The minimum Gasteiger partial charge on any atom is -0.475 e. The maximum absolute atomic E-state index is 11.1. The zero-order chi connectivity index (χ0) is 11.3. The van der Waals surface area contributed by atoms with E-state index in [2.05, 4.69) is 5.32 Å². The third kappa shape index (κ3) is 3.46. The Kier molecular flexibility index (Phi) is 3.91. The molecule has 15 heavy (non-hydrogen) atoms. The predicted octanol–water partition coefficient (Wildman–Crippen LogP) is 1.39. The number of carboxylic acid groups (broad SMARTS) is 1. The van der Waals surface area contributed by atoms with Crippen LogP contribution in [0.3, 0.4) is 0 Å². The fraction of sp³-hybridized carbons (Fsp3) is 0.400. The number of furan rings is 1. The molecule has 0 aliphatic carbocycles. The van der Waals surface area contributed by atoms with Crippen molar-refractivity contribution in [2.75, 3.05) is 0 Å². The van der Waals surface area contributed by atoms with Gasteiger partial charge in [-0.05, 0) is 18.6 Å². The largest absolute Gasteiger partial charge is 0.475 e. The molecule has 0 aromatic carbocycles. The molecule has 5 nitrogen and oxygen atoms in total. The molecule has 0 aliphatic heterocycles. The average molecular weight is 211 g/mol. The molecule has 5 heteroatoms. The van der Waals surface area contributed by atoms with Crippen LogP contribution < -0.4 is 5.32 Å². The first kappa shape index (κ1) is 11.3. The summed E-state index contributed by atoms with van der Waals surface area (Å²) in [6.07, 6.45) is 1.25. The summed E-state index contributed by atoms with van der Waals surface area (Å²) in [7, 11) is 0. The summed E-state index contributed by atoms with van der Waals surface area (Å²) < 4.78 is 4.96. The molecule has 0 unspecified atom stereocenters. The van der Waals surface area contributed by atoms with E-state index in [1.807, 2.05) is 6.92 Å². The van der Waals surface area contributed by atoms with Crippen molar-refractivity contribution in [2.24, 2.45) is 0 Å². The lowest BCUT2D eigenvalue weighted by molar-refractivity contribution is -0.121. The third-order valence-corrected chi connectivity index (χ3v) is 1.81. The number of rotatable bonds is 5. The summed E-state index contributed by atoms with van der Waals surface area (Å²) in [5.74, 6) is -0.849. The summed E-state index contributed by atoms with van der Waals surface area (Å²) in [5, 5.41) is 11.2. The van der Waals surface area contributed by atoms with Gasteiger partial charge in [0.05, 0.1) is 6.54 Å². The lowest BCUT2D eigenvalue weighted by atomic mass is 10.3. The Balaban J connectivity index is 2.44. The SMILES string of the molecule is CCCC(=O)NCc1ccc(C(=O)O)o1. The highest BCUT2D eigenvalue weighted by Gasteiger charge is 2.09. The number of carbonyl (C=O) groups is 2. The first-order valence-corrected chi connectivity index (χ1v) is 4.72. The maximum atomic E-state index is 11.1. The van der Waals surface area contributed by atoms with Gasteiger partial charge in [-0.15, -0.1) is 0 Å². The highest BCUT2D eigenvalue weighted by Crippen LogP contribution is 2.07. The van der Waals surface area contributed by atoms with Gasteiger partial charge in [-0.2, -0.15) is 0 Å². The van der Waals surface area contributed by atoms with Crippen molar-refractivity contribution in [1.82, 2.24) is 5.32 Å². The van der Waals surface area contributed by atoms with Crippen LogP contribution in [-0.4, -0.2) is 17.0 Å². The Morgan fingerprint density at radius 1 is 1.47 bits per heavy atom. The topological polar surface area (TPSA) is 79.5 Å². The molecule has 1 rings (SSSR count). The van der Waals surface area contributed by atoms with E-state index in [1.165, 1.54) is 12.1 Å². The van der Waals surface area contributed by atoms with Crippen molar-refractivity contribution < 1.29 is 19.1 Å². The van der Waals surface area contributed by atoms with Gasteiger partial charge in [0.1, 0.15) is 5.76 Å². The van der Waals surface area contributed by atoms with Crippen LogP contribution in [-0.2, 0) is 11.3 Å². The number of nitrogens with one attached hydrogen (secondary N) is 1. The molecule has 1 aromatic heterocycles. The van der Waals surface area contributed by atoms with E-state index in [-0.39, 0.29) is 18.2 Å². The first-order chi connectivity index (χ1) is 7.13. The van der Waals surface area contributed by atoms with Crippen molar-refractivity contribution in [2.45, 2.75) is 26.3 Å². The van der Waals surface area contributed by atoms with Crippen molar-refractivity contribution in [3.05, 3.63) is 23.7 Å². The van der Waals surface area contributed by atoms with E-state index in [9.17, 15) is 9.59 Å². The fourth-order valence-corrected chi connectivity index (χ4v) is 1.09. The second-order valence-electron chi connectivity index (χ2n) is 3.10. The molecule has 0 fully saturated rings. The molecule has 0 saturated carbocycles. The number of amides is 1. The van der Waals surface area contributed by atoms with Crippen molar-refractivity contribution in [3.8, 4) is 0 Å². The van der Waals surface area contributed by atoms with Gasteiger partial charge < -0.3 is 14.8 Å². The molecule has 0 atom stereocenters. The monoisotopic (exact) mass is 211 g/mol. The van der Waals surface area contributed by atoms with Crippen LogP contribution in [0.1, 0.15) is 36.1 Å². The van der Waals surface area contributed by atoms with Gasteiger partial charge >= 0.3 is 5.97 Å². The molecular formula is C10H13NO4. The Morgan fingerprint density at radius 3 is 2.73 bits per heavy atom. The fourth-order valence-electron chi connectivity index (χ4n) is 1.09. The van der Waals surface area contributed by atoms with E-state index in [0.29, 0.717) is 12.2 Å². The maximum Gasteiger partial charge on any atom is 0.371 e. The van der Waals surface area contributed by atoms with Crippen molar-refractivity contribution in [3.63, 3.8) is 0 Å². The smallest absolute Gasteiger partial charge is 0.371 e. The second-order valence-corrected chi connectivity index (χ2v) is 3.10. The third-order valence-electron chi connectivity index (χ3n) is 1.81. The summed E-state index contributed by atoms with van der Waals surface area (Å²) in [6, 6.07) is 2.90. The van der Waals surface area contributed by atoms with Gasteiger partial charge in [0, 0.05) is 6.42 Å². The lowest BCUT2D eigenvalue weighted by Gasteiger charge is -2.00. The molecule has 1 amide bonds. The molecule has 0 spiro atoms. The van der Waals surface area contributed by atoms with Gasteiger partial charge in [-0.3, -0.25) is 4.79 Å². The van der Waals surface area contributed by atoms with Crippen LogP contribution in [0.5, 0.6) is 0 Å². The normalized spacial score (nSPS) is 9.93. The van der Waals surface area contributed by atoms with Gasteiger partial charge in [-0.1, -0.05) is 6.92 Å². The molecule has 82 valence electrons. The summed E-state index contributed by atoms with van der Waals surface area (Å²) in [5.41, 5.74) is 0. The molecular weight excluding hydrogens is 198 g/mol. The second kappa shape index (κ2) is 5.19. The molecule has 2 N–H and O–H groups in total. The van der Waals surface area contributed by atoms with Crippen LogP contribution in [0.15, 0.2) is 16.5 Å². The van der Waals surface area contributed by atoms with E-state index >= 15 is 0 Å². The molecule has 1 aromatic rings. The van der Waals surface area contributed by atoms with Crippen LogP contribution >= 0.6 is 0 Å². The van der Waals surface area contributed by atoms with Crippen molar-refractivity contribution in [1.29, 1.82) is 0 Å². The highest BCUT2D eigenvalue weighted by molar-refractivity contribution is 5.84. The summed E-state index contributed by atoms with van der Waals surface area (Å²) in [4.78, 5) is 21.6. The van der Waals surface area contributed by atoms with E-state index in [0.717, 1.165) is 6.42 Å². The predicted molar refractivity (Wildman–Crippen MR) is 52.4 cm³/mol. The zero-order valence-electron chi connectivity index (χ0n) is 8.45. The van der Waals surface area contributed by atoms with Crippen molar-refractivity contribution >= 4 is 11.9 Å². The van der Waals surface area contributed by atoms with Crippen LogP contribution in [0.2, 0.25) is 0 Å². The average Bonchev–Trinajstić information content (AvgIpc) is 2.63. The van der Waals surface area contributed by atoms with Gasteiger partial charge in [0.25, 0.3) is 0 Å². The van der Waals surface area contributed by atoms with Crippen LogP contribution in [0.25, 0.3) is 0 Å². The number of carbonyl (C=O) groups excluding carboxylic acids is 1. The number of aromatic carboxylic acids is 1. The van der Waals surface area contributed by atoms with Gasteiger partial charge in [0.15, 0.2) is 0 Å². The standard InChI is InChI=1S/C10H13NO4/c1-2-3-9(12)11-6-7-4-5-8(15-7)10(13)14/h4-5H,2-3,6H2,1H3,(H,11,12)(H,13,14). The highest BCUT2D eigenvalue weighted by atomic mass is 16.4. The zero-order valence-corrected chi connectivity index (χ0v) is 8.45. The Labute approximate surface area is 87.1 Å². The Bertz CT molecular complexity index is 356. The molecule has 0 radical (unpaired) electrons. The van der Waals surface area contributed by atoms with Crippen LogP contribution in [0.4, 0.5) is 0 Å². The van der Waals surface area contributed by atoms with Gasteiger partial charge in [0.2, 0.25) is 11.7 Å². The molecule has 0 bridgehead atoms. The summed E-state index contributed by atoms with van der Waals surface area (Å²) in [6.45, 7) is 2.14. The summed E-state index contributed by atoms with van der Waals surface area (Å²) >= 11 is 0. The lowest BCUT2D eigenvalue weighted by Crippen LogP contribution is -2.21. The molecule has 0 aliphatic rings. The molecule has 1 heterocycles. The van der Waals surface area contributed by atoms with E-state index in [4.69, 9.17) is 9.52 Å². The minimum atomic E-state index is -1.11. The number of hydrogen-bond donors (Lipinski definition) is 2. The Hall–Kier alpha value is -1.78. The minimum absolute atomic E-state index is 0.0641.